The summed E-state index contributed by atoms with van der Waals surface area (Å²) < 4.78 is 31.9. The van der Waals surface area contributed by atoms with Crippen molar-refractivity contribution in [2.45, 2.75) is 39.5 Å². The summed E-state index contributed by atoms with van der Waals surface area (Å²) >= 11 is 0. The SMILES string of the molecule is COc1cc(Cn2c3ccccc3c3c(OCCC(C)C(=O)N4C(=O)OCC4c4ccccc4)cccc32)ccc1OCc1nc(-c2ccccc2)oc1C. The molecule has 7 aromatic rings. The van der Waals surface area contributed by atoms with Gasteiger partial charge in [-0.3, -0.25) is 4.79 Å². The lowest BCUT2D eigenvalue weighted by Crippen LogP contribution is -2.38. The van der Waals surface area contributed by atoms with Crippen LogP contribution in [0.25, 0.3) is 33.3 Å². The van der Waals surface area contributed by atoms with Crippen LogP contribution in [-0.4, -0.2) is 46.8 Å². The van der Waals surface area contributed by atoms with Gasteiger partial charge in [-0.05, 0) is 66.9 Å². The van der Waals surface area contributed by atoms with Gasteiger partial charge >= 0.3 is 6.09 Å². The molecular formula is C45H41N3O7. The highest BCUT2D eigenvalue weighted by Gasteiger charge is 2.40. The van der Waals surface area contributed by atoms with E-state index in [1.165, 1.54) is 4.90 Å². The van der Waals surface area contributed by atoms with Crippen LogP contribution in [0.3, 0.4) is 0 Å². The van der Waals surface area contributed by atoms with Crippen LogP contribution in [0.5, 0.6) is 17.2 Å². The molecule has 0 N–H and O–H groups in total. The molecule has 0 saturated carbocycles. The third kappa shape index (κ3) is 7.11. The van der Waals surface area contributed by atoms with Crippen molar-refractivity contribution < 1.29 is 33.0 Å². The predicted molar refractivity (Wildman–Crippen MR) is 209 cm³/mol. The zero-order valence-electron chi connectivity index (χ0n) is 30.9. The number of rotatable bonds is 13. The molecule has 55 heavy (non-hydrogen) atoms. The van der Waals surface area contributed by atoms with Crippen LogP contribution in [-0.2, 0) is 22.7 Å². The Kier molecular flexibility index (Phi) is 9.95. The summed E-state index contributed by atoms with van der Waals surface area (Å²) in [4.78, 5) is 32.1. The largest absolute Gasteiger partial charge is 0.493 e. The minimum absolute atomic E-state index is 0.147. The van der Waals surface area contributed by atoms with Gasteiger partial charge in [-0.1, -0.05) is 85.8 Å². The summed E-state index contributed by atoms with van der Waals surface area (Å²) in [6.45, 7) is 4.97. The molecule has 0 spiro atoms. The number of carbonyl (C=O) groups is 2. The lowest BCUT2D eigenvalue weighted by Gasteiger charge is -2.23. The molecule has 1 aliphatic rings. The predicted octanol–water partition coefficient (Wildman–Crippen LogP) is 9.52. The van der Waals surface area contributed by atoms with Gasteiger partial charge in [0.15, 0.2) is 11.5 Å². The van der Waals surface area contributed by atoms with E-state index in [-0.39, 0.29) is 19.1 Å². The molecule has 2 atom stereocenters. The number of nitrogens with zero attached hydrogens (tertiary/aromatic N) is 3. The zero-order valence-corrected chi connectivity index (χ0v) is 30.9. The highest BCUT2D eigenvalue weighted by atomic mass is 16.6. The summed E-state index contributed by atoms with van der Waals surface area (Å²) in [6.07, 6.45) is -0.180. The molecule has 10 nitrogen and oxygen atoms in total. The summed E-state index contributed by atoms with van der Waals surface area (Å²) in [5, 5.41) is 2.06. The molecule has 1 saturated heterocycles. The second-order valence-corrected chi connectivity index (χ2v) is 13.7. The Hall–Kier alpha value is -6.55. The molecule has 1 aliphatic heterocycles. The maximum Gasteiger partial charge on any atom is 0.417 e. The van der Waals surface area contributed by atoms with Gasteiger partial charge in [0, 0.05) is 34.3 Å². The summed E-state index contributed by atoms with van der Waals surface area (Å²) in [6, 6.07) is 39.1. The number of cyclic esters (lactones) is 1. The van der Waals surface area contributed by atoms with Crippen molar-refractivity contribution in [1.29, 1.82) is 0 Å². The highest BCUT2D eigenvalue weighted by Crippen LogP contribution is 2.38. The van der Waals surface area contributed by atoms with Crippen LogP contribution in [0, 0.1) is 12.8 Å². The molecule has 278 valence electrons. The number of aryl methyl sites for hydroxylation is 1. The fraction of sp³-hybridized carbons (Fsp3) is 0.222. The molecule has 3 heterocycles. The van der Waals surface area contributed by atoms with Crippen LogP contribution in [0.2, 0.25) is 0 Å². The normalized spacial score (nSPS) is 14.6. The summed E-state index contributed by atoms with van der Waals surface area (Å²) in [5.74, 6) is 2.50. The lowest BCUT2D eigenvalue weighted by atomic mass is 10.0. The number of benzene rings is 5. The Bertz CT molecular complexity index is 2470. The first-order chi connectivity index (χ1) is 26.9. The maximum absolute atomic E-state index is 13.5. The van der Waals surface area contributed by atoms with Crippen LogP contribution >= 0.6 is 0 Å². The fourth-order valence-corrected chi connectivity index (χ4v) is 7.17. The van der Waals surface area contributed by atoms with Crippen LogP contribution in [0.4, 0.5) is 4.79 Å². The number of hydrogen-bond donors (Lipinski definition) is 0. The number of ether oxygens (including phenoxy) is 4. The van der Waals surface area contributed by atoms with Gasteiger partial charge in [-0.2, -0.15) is 0 Å². The average molecular weight is 736 g/mol. The highest BCUT2D eigenvalue weighted by molar-refractivity contribution is 6.11. The lowest BCUT2D eigenvalue weighted by molar-refractivity contribution is -0.133. The number of hydrogen-bond acceptors (Lipinski definition) is 8. The second-order valence-electron chi connectivity index (χ2n) is 13.7. The number of para-hydroxylation sites is 1. The molecule has 5 aromatic carbocycles. The van der Waals surface area contributed by atoms with Gasteiger partial charge in [-0.15, -0.1) is 0 Å². The van der Waals surface area contributed by atoms with Gasteiger partial charge < -0.3 is 27.9 Å². The van der Waals surface area contributed by atoms with Crippen molar-refractivity contribution in [3.63, 3.8) is 0 Å². The Balaban J connectivity index is 0.977. The second kappa shape index (κ2) is 15.4. The smallest absolute Gasteiger partial charge is 0.417 e. The zero-order chi connectivity index (χ0) is 37.9. The Morgan fingerprint density at radius 3 is 2.40 bits per heavy atom. The Morgan fingerprint density at radius 1 is 0.855 bits per heavy atom. The molecule has 0 aliphatic carbocycles. The summed E-state index contributed by atoms with van der Waals surface area (Å²) in [7, 11) is 1.64. The Morgan fingerprint density at radius 2 is 1.60 bits per heavy atom. The molecule has 1 fully saturated rings. The number of aromatic nitrogens is 2. The average Bonchev–Trinajstić information content (AvgIpc) is 3.90. The van der Waals surface area contributed by atoms with Crippen molar-refractivity contribution in [2.75, 3.05) is 20.3 Å². The van der Waals surface area contributed by atoms with E-state index in [0.29, 0.717) is 42.7 Å². The number of oxazole rings is 1. The summed E-state index contributed by atoms with van der Waals surface area (Å²) in [5.41, 5.74) is 5.61. The van der Waals surface area contributed by atoms with E-state index in [2.05, 4.69) is 27.8 Å². The van der Waals surface area contributed by atoms with E-state index in [1.54, 1.807) is 7.11 Å². The minimum atomic E-state index is -0.608. The van der Waals surface area contributed by atoms with E-state index in [4.69, 9.17) is 23.4 Å². The standard InChI is InChI=1S/C45H41N3O7/c1-29(44(49)48-38(28-54-45(48)50)32-13-6-4-7-14-32)23-24-52-40-20-12-19-37-42(40)34-17-10-11-18-36(34)47(37)26-31-21-22-39(41(25-31)51-3)53-27-35-30(2)55-43(46-35)33-15-8-5-9-16-33/h4-22,25,29,38H,23-24,26-28H2,1-3H3. The van der Waals surface area contributed by atoms with E-state index < -0.39 is 18.1 Å². The number of methoxy groups -OCH3 is 1. The van der Waals surface area contributed by atoms with Gasteiger partial charge in [0.05, 0.1) is 19.2 Å². The fourth-order valence-electron chi connectivity index (χ4n) is 7.17. The number of fused-ring (bicyclic) bond motifs is 3. The van der Waals surface area contributed by atoms with E-state index in [0.717, 1.165) is 49.9 Å². The topological polar surface area (TPSA) is 105 Å². The first-order valence-corrected chi connectivity index (χ1v) is 18.4. The molecule has 0 radical (unpaired) electrons. The maximum atomic E-state index is 13.5. The van der Waals surface area contributed by atoms with E-state index in [9.17, 15) is 9.59 Å². The van der Waals surface area contributed by atoms with E-state index >= 15 is 0 Å². The monoisotopic (exact) mass is 735 g/mol. The van der Waals surface area contributed by atoms with Crippen molar-refractivity contribution in [2.24, 2.45) is 5.92 Å². The molecule has 2 aromatic heterocycles. The quantitative estimate of drug-likeness (QED) is 0.115. The number of carbonyl (C=O) groups excluding carboxylic acids is 2. The minimum Gasteiger partial charge on any atom is -0.493 e. The van der Waals surface area contributed by atoms with Crippen molar-refractivity contribution in [3.8, 4) is 28.7 Å². The van der Waals surface area contributed by atoms with E-state index in [1.807, 2.05) is 117 Å². The Labute approximate surface area is 318 Å². The van der Waals surface area contributed by atoms with Crippen molar-refractivity contribution in [3.05, 3.63) is 144 Å². The van der Waals surface area contributed by atoms with Gasteiger partial charge in [0.1, 0.15) is 36.5 Å². The van der Waals surface area contributed by atoms with Crippen molar-refractivity contribution >= 4 is 33.8 Å². The van der Waals surface area contributed by atoms with Crippen molar-refractivity contribution in [1.82, 2.24) is 14.5 Å². The van der Waals surface area contributed by atoms with Crippen LogP contribution in [0.15, 0.2) is 126 Å². The first-order valence-electron chi connectivity index (χ1n) is 18.4. The molecule has 10 heteroatoms. The third-order valence-electron chi connectivity index (χ3n) is 10.1. The molecule has 0 bridgehead atoms. The molecule has 8 rings (SSSR count). The number of amides is 2. The molecular weight excluding hydrogens is 695 g/mol. The number of imide groups is 1. The molecule has 2 unspecified atom stereocenters. The van der Waals surface area contributed by atoms with Crippen LogP contribution in [0.1, 0.15) is 42.0 Å². The van der Waals surface area contributed by atoms with Gasteiger partial charge in [0.2, 0.25) is 11.8 Å². The molecule has 2 amide bonds. The first kappa shape index (κ1) is 35.5. The third-order valence-corrected chi connectivity index (χ3v) is 10.1. The van der Waals surface area contributed by atoms with Gasteiger partial charge in [-0.25, -0.2) is 14.7 Å². The van der Waals surface area contributed by atoms with Gasteiger partial charge in [0.25, 0.3) is 0 Å². The van der Waals surface area contributed by atoms with Crippen LogP contribution < -0.4 is 14.2 Å².